The average molecular weight is 740 g/mol. The van der Waals surface area contributed by atoms with Crippen molar-refractivity contribution in [3.63, 3.8) is 0 Å². The molecule has 0 saturated carbocycles. The highest BCUT2D eigenvalue weighted by Gasteiger charge is 2.27. The number of para-hydroxylation sites is 1. The van der Waals surface area contributed by atoms with E-state index in [0.717, 1.165) is 18.2 Å². The Bertz CT molecular complexity index is 2710. The molecule has 1 aromatic heterocycles. The molecular formula is C29H21N7O11S3. The molecule has 0 aliphatic rings. The van der Waals surface area contributed by atoms with Gasteiger partial charge in [0, 0.05) is 16.5 Å². The molecule has 0 fully saturated rings. The molecule has 18 nitrogen and oxygen atoms in total. The van der Waals surface area contributed by atoms with Crippen molar-refractivity contribution in [2.24, 2.45) is 10.2 Å². The van der Waals surface area contributed by atoms with E-state index in [1.54, 1.807) is 42.5 Å². The van der Waals surface area contributed by atoms with E-state index in [1.807, 2.05) is 0 Å². The van der Waals surface area contributed by atoms with Crippen LogP contribution in [0.4, 0.5) is 34.6 Å². The van der Waals surface area contributed by atoms with Crippen LogP contribution in [0.2, 0.25) is 0 Å². The normalized spacial score (nSPS) is 12.5. The molecule has 5 aromatic carbocycles. The van der Waals surface area contributed by atoms with E-state index in [-0.39, 0.29) is 16.7 Å². The Morgan fingerprint density at radius 2 is 1.28 bits per heavy atom. The van der Waals surface area contributed by atoms with Gasteiger partial charge in [0.1, 0.15) is 21.2 Å². The Morgan fingerprint density at radius 3 is 1.94 bits per heavy atom. The van der Waals surface area contributed by atoms with Gasteiger partial charge in [0.25, 0.3) is 30.4 Å². The molecule has 0 aliphatic heterocycles. The van der Waals surface area contributed by atoms with Crippen molar-refractivity contribution < 1.29 is 49.1 Å². The first kappa shape index (κ1) is 34.0. The maximum absolute atomic E-state index is 12.5. The second-order valence-corrected chi connectivity index (χ2v) is 14.5. The van der Waals surface area contributed by atoms with Gasteiger partial charge in [-0.15, -0.1) is 10.2 Å². The number of nitrogens with one attached hydrogen (secondary N) is 2. The van der Waals surface area contributed by atoms with Crippen LogP contribution in [0.1, 0.15) is 0 Å². The number of azo groups is 1. The number of benzene rings is 5. The fourth-order valence-corrected chi connectivity index (χ4v) is 6.97. The average Bonchev–Trinajstić information content (AvgIpc) is 3.02. The Balaban J connectivity index is 1.57. The number of hydrogen-bond acceptors (Lipinski definition) is 15. The predicted octanol–water partition coefficient (Wildman–Crippen LogP) is 5.23. The third-order valence-electron chi connectivity index (χ3n) is 6.97. The minimum Gasteiger partial charge on any atom is -0.505 e. The molecule has 0 aliphatic carbocycles. The van der Waals surface area contributed by atoms with E-state index in [9.17, 15) is 49.1 Å². The maximum atomic E-state index is 12.5. The molecule has 0 atom stereocenters. The van der Waals surface area contributed by atoms with Crippen molar-refractivity contribution in [1.29, 1.82) is 0 Å². The van der Waals surface area contributed by atoms with Gasteiger partial charge in [-0.3, -0.25) is 13.7 Å². The number of phenolic OH excluding ortho intramolecular Hbond substituents is 1. The number of anilines is 4. The van der Waals surface area contributed by atoms with Gasteiger partial charge in [-0.2, -0.15) is 40.2 Å². The molecule has 0 spiro atoms. The van der Waals surface area contributed by atoms with E-state index >= 15 is 0 Å². The lowest BCUT2D eigenvalue weighted by Gasteiger charge is -2.15. The molecule has 0 saturated heterocycles. The second kappa shape index (κ2) is 12.6. The number of fused-ring (bicyclic) bond motifs is 2. The second-order valence-electron chi connectivity index (χ2n) is 10.3. The third-order valence-corrected chi connectivity index (χ3v) is 9.62. The summed E-state index contributed by atoms with van der Waals surface area (Å²) < 4.78 is 104. The summed E-state index contributed by atoms with van der Waals surface area (Å²) in [4.78, 5) is 9.02. The summed E-state index contributed by atoms with van der Waals surface area (Å²) in [6.07, 6.45) is 0. The number of aromatic nitrogens is 3. The van der Waals surface area contributed by atoms with Crippen LogP contribution in [-0.4, -0.2) is 64.1 Å². The zero-order chi connectivity index (χ0) is 36.0. The zero-order valence-corrected chi connectivity index (χ0v) is 27.2. The molecule has 50 heavy (non-hydrogen) atoms. The fraction of sp³-hybridized carbons (Fsp3) is 0. The van der Waals surface area contributed by atoms with E-state index < -0.39 is 85.2 Å². The first-order valence-corrected chi connectivity index (χ1v) is 18.0. The number of nitrogens with zero attached hydrogens (tertiary/aromatic N) is 5. The Morgan fingerprint density at radius 1 is 0.620 bits per heavy atom. The van der Waals surface area contributed by atoms with E-state index in [4.69, 9.17) is 0 Å². The van der Waals surface area contributed by atoms with Crippen LogP contribution in [0, 0.1) is 0 Å². The molecule has 1 heterocycles. The van der Waals surface area contributed by atoms with Crippen LogP contribution in [0.25, 0.3) is 21.5 Å². The number of phenols is 1. The molecule has 7 N–H and O–H groups in total. The van der Waals surface area contributed by atoms with Crippen molar-refractivity contribution >= 4 is 86.5 Å². The molecule has 0 radical (unpaired) electrons. The summed E-state index contributed by atoms with van der Waals surface area (Å²) in [5.41, 5.74) is -1.31. The Kier molecular flexibility index (Phi) is 8.55. The van der Waals surface area contributed by atoms with Gasteiger partial charge in [-0.1, -0.05) is 48.5 Å². The molecule has 0 amide bonds. The van der Waals surface area contributed by atoms with Crippen LogP contribution in [-0.2, 0) is 30.4 Å². The standard InChI is InChI=1S/C29H21N7O11S3/c37-25-23-16(12-18(48(39,40)41)14-21(23)31-28-32-27(33-29(38)34-28)30-17-7-2-1-3-8-17)13-22(49(42,43)44)24(25)36-35-20-11-10-15-6-4-5-9-19(15)26(20)50(45,46)47/h1-14,37H,(H,39,40,41)(H,42,43,44)(H,45,46,47)(H3,30,31,32,33,34,38)/b36-35+. The summed E-state index contributed by atoms with van der Waals surface area (Å²) in [6, 6.07) is 18.6. The maximum Gasteiger partial charge on any atom is 0.320 e. The number of rotatable bonds is 9. The van der Waals surface area contributed by atoms with Crippen LogP contribution < -0.4 is 10.6 Å². The van der Waals surface area contributed by atoms with Gasteiger partial charge >= 0.3 is 6.01 Å². The van der Waals surface area contributed by atoms with Crippen LogP contribution in [0.15, 0.2) is 110 Å². The SMILES string of the molecule is O=S(=O)(O)c1cc(Nc2nc(O)nc(Nc3ccccc3)n2)c2c(O)c(/N=N/c3ccc4ccccc4c3S(=O)(=O)O)c(S(=O)(=O)O)cc2c1. The highest BCUT2D eigenvalue weighted by Crippen LogP contribution is 2.46. The molecule has 256 valence electrons. The van der Waals surface area contributed by atoms with Gasteiger partial charge < -0.3 is 20.8 Å². The predicted molar refractivity (Wildman–Crippen MR) is 178 cm³/mol. The smallest absolute Gasteiger partial charge is 0.320 e. The van der Waals surface area contributed by atoms with E-state index in [1.165, 1.54) is 18.2 Å². The lowest BCUT2D eigenvalue weighted by Crippen LogP contribution is -2.06. The van der Waals surface area contributed by atoms with Crippen molar-refractivity contribution in [2.45, 2.75) is 14.7 Å². The first-order valence-electron chi connectivity index (χ1n) is 13.7. The Hall–Kier alpha value is -5.84. The number of aromatic hydroxyl groups is 2. The van der Waals surface area contributed by atoms with Gasteiger partial charge in [0.15, 0.2) is 5.75 Å². The van der Waals surface area contributed by atoms with Gasteiger partial charge in [-0.05, 0) is 47.2 Å². The van der Waals surface area contributed by atoms with Crippen LogP contribution >= 0.6 is 0 Å². The summed E-state index contributed by atoms with van der Waals surface area (Å²) in [6.45, 7) is 0. The highest BCUT2D eigenvalue weighted by molar-refractivity contribution is 7.86. The summed E-state index contributed by atoms with van der Waals surface area (Å²) >= 11 is 0. The summed E-state index contributed by atoms with van der Waals surface area (Å²) in [7, 11) is -15.2. The minimum atomic E-state index is -5.27. The zero-order valence-electron chi connectivity index (χ0n) is 24.7. The quantitative estimate of drug-likeness (QED) is 0.0737. The van der Waals surface area contributed by atoms with Gasteiger partial charge in [0.2, 0.25) is 11.9 Å². The lowest BCUT2D eigenvalue weighted by molar-refractivity contribution is 0.430. The fourth-order valence-electron chi connectivity index (χ4n) is 4.93. The van der Waals surface area contributed by atoms with Crippen molar-refractivity contribution in [3.8, 4) is 11.8 Å². The van der Waals surface area contributed by atoms with Crippen molar-refractivity contribution in [1.82, 2.24) is 15.0 Å². The third kappa shape index (κ3) is 6.98. The number of hydrogen-bond donors (Lipinski definition) is 7. The van der Waals surface area contributed by atoms with E-state index in [0.29, 0.717) is 17.1 Å². The molecular weight excluding hydrogens is 719 g/mol. The van der Waals surface area contributed by atoms with Gasteiger partial charge in [0.05, 0.1) is 10.6 Å². The van der Waals surface area contributed by atoms with Crippen LogP contribution in [0.3, 0.4) is 0 Å². The van der Waals surface area contributed by atoms with Crippen molar-refractivity contribution in [3.05, 3.63) is 84.9 Å². The van der Waals surface area contributed by atoms with Crippen LogP contribution in [0.5, 0.6) is 11.8 Å². The monoisotopic (exact) mass is 739 g/mol. The Labute approximate surface area is 282 Å². The summed E-state index contributed by atoms with van der Waals surface area (Å²) in [5, 5.41) is 34.2. The topological polar surface area (TPSA) is 291 Å². The molecule has 6 aromatic rings. The molecule has 0 bridgehead atoms. The first-order chi connectivity index (χ1) is 23.5. The molecule has 21 heteroatoms. The van der Waals surface area contributed by atoms with E-state index in [2.05, 4.69) is 35.8 Å². The molecule has 6 rings (SSSR count). The van der Waals surface area contributed by atoms with Crippen molar-refractivity contribution in [2.75, 3.05) is 10.6 Å². The summed E-state index contributed by atoms with van der Waals surface area (Å²) in [5.74, 6) is -1.66. The molecule has 0 unspecified atom stereocenters. The minimum absolute atomic E-state index is 0.0372. The lowest BCUT2D eigenvalue weighted by atomic mass is 10.1. The highest BCUT2D eigenvalue weighted by atomic mass is 32.2. The van der Waals surface area contributed by atoms with Gasteiger partial charge in [-0.25, -0.2) is 0 Å². The largest absolute Gasteiger partial charge is 0.505 e.